The van der Waals surface area contributed by atoms with Crippen molar-refractivity contribution < 1.29 is 8.83 Å². The number of hydrogen-bond donors (Lipinski definition) is 0. The van der Waals surface area contributed by atoms with Gasteiger partial charge in [-0.3, -0.25) is 0 Å². The summed E-state index contributed by atoms with van der Waals surface area (Å²) in [6.07, 6.45) is 0. The fourth-order valence-corrected chi connectivity index (χ4v) is 7.50. The first kappa shape index (κ1) is 27.5. The van der Waals surface area contributed by atoms with Crippen molar-refractivity contribution >= 4 is 71.7 Å². The summed E-state index contributed by atoms with van der Waals surface area (Å²) in [5.74, 6) is 0. The fourth-order valence-electron chi connectivity index (χ4n) is 7.50. The molecule has 3 heteroatoms. The Labute approximate surface area is 282 Å². The quantitative estimate of drug-likeness (QED) is 0.190. The smallest absolute Gasteiger partial charge is 0.136 e. The van der Waals surface area contributed by atoms with Crippen molar-refractivity contribution in [2.45, 2.75) is 0 Å². The Morgan fingerprint density at radius 1 is 0.327 bits per heavy atom. The van der Waals surface area contributed by atoms with Crippen molar-refractivity contribution in [1.29, 1.82) is 0 Å². The molecule has 10 aromatic rings. The van der Waals surface area contributed by atoms with Gasteiger partial charge in [-0.2, -0.15) is 0 Å². The van der Waals surface area contributed by atoms with Gasteiger partial charge in [-0.05, 0) is 76.7 Å². The highest BCUT2D eigenvalue weighted by atomic mass is 16.3. The molecule has 0 aliphatic rings. The van der Waals surface area contributed by atoms with Crippen LogP contribution >= 0.6 is 0 Å². The second-order valence-corrected chi connectivity index (χ2v) is 12.5. The summed E-state index contributed by atoms with van der Waals surface area (Å²) in [6, 6.07) is 61.9. The van der Waals surface area contributed by atoms with Crippen LogP contribution in [0.5, 0.6) is 0 Å². The second kappa shape index (κ2) is 11.0. The number of hydrogen-bond acceptors (Lipinski definition) is 3. The van der Waals surface area contributed by atoms with Crippen molar-refractivity contribution in [1.82, 2.24) is 0 Å². The lowest BCUT2D eigenvalue weighted by atomic mass is 9.94. The molecule has 0 amide bonds. The van der Waals surface area contributed by atoms with Gasteiger partial charge in [0.05, 0.1) is 5.69 Å². The highest BCUT2D eigenvalue weighted by Gasteiger charge is 2.20. The zero-order chi connectivity index (χ0) is 32.3. The second-order valence-electron chi connectivity index (χ2n) is 12.5. The van der Waals surface area contributed by atoms with E-state index in [9.17, 15) is 0 Å². The first-order valence-corrected chi connectivity index (χ1v) is 16.6. The lowest BCUT2D eigenvalue weighted by molar-refractivity contribution is 0.669. The Morgan fingerprint density at radius 2 is 0.898 bits per heavy atom. The fraction of sp³-hybridized carbons (Fsp3) is 0. The molecule has 0 atom stereocenters. The van der Waals surface area contributed by atoms with Crippen molar-refractivity contribution in [2.24, 2.45) is 0 Å². The van der Waals surface area contributed by atoms with Crippen LogP contribution in [0.3, 0.4) is 0 Å². The molecule has 0 saturated heterocycles. The van der Waals surface area contributed by atoms with Gasteiger partial charge in [0.2, 0.25) is 0 Å². The SMILES string of the molecule is c1ccc(-c2ccccc2N(c2ccccc2)c2ccc(-c3cccc4oc5ccc6ccc7oc8ccccc8c7c6c5c34)cc2)cc1. The van der Waals surface area contributed by atoms with E-state index in [0.29, 0.717) is 0 Å². The molecule has 0 aliphatic carbocycles. The van der Waals surface area contributed by atoms with E-state index in [-0.39, 0.29) is 0 Å². The molecular formula is C46H29NO2. The number of fused-ring (bicyclic) bond motifs is 9. The van der Waals surface area contributed by atoms with Gasteiger partial charge in [-0.15, -0.1) is 0 Å². The number of furan rings is 2. The minimum atomic E-state index is 0.872. The zero-order valence-electron chi connectivity index (χ0n) is 26.5. The van der Waals surface area contributed by atoms with E-state index in [1.807, 2.05) is 12.1 Å². The van der Waals surface area contributed by atoms with Gasteiger partial charge in [0.1, 0.15) is 22.3 Å². The van der Waals surface area contributed by atoms with Gasteiger partial charge in [-0.1, -0.05) is 121 Å². The largest absolute Gasteiger partial charge is 0.456 e. The molecular weight excluding hydrogens is 599 g/mol. The first-order valence-electron chi connectivity index (χ1n) is 16.6. The summed E-state index contributed by atoms with van der Waals surface area (Å²) in [5.41, 5.74) is 11.4. The van der Waals surface area contributed by atoms with Gasteiger partial charge >= 0.3 is 0 Å². The van der Waals surface area contributed by atoms with Gasteiger partial charge in [0.25, 0.3) is 0 Å². The summed E-state index contributed by atoms with van der Waals surface area (Å²) < 4.78 is 12.9. The average molecular weight is 628 g/mol. The monoisotopic (exact) mass is 627 g/mol. The van der Waals surface area contributed by atoms with Gasteiger partial charge < -0.3 is 13.7 Å². The van der Waals surface area contributed by atoms with Crippen molar-refractivity contribution in [3.8, 4) is 22.3 Å². The summed E-state index contributed by atoms with van der Waals surface area (Å²) in [5, 5.41) is 6.80. The molecule has 0 radical (unpaired) electrons. The predicted octanol–water partition coefficient (Wildman–Crippen LogP) is 13.4. The molecule has 0 spiro atoms. The van der Waals surface area contributed by atoms with Crippen LogP contribution in [0.4, 0.5) is 17.1 Å². The van der Waals surface area contributed by atoms with Crippen molar-refractivity contribution in [3.05, 3.63) is 176 Å². The van der Waals surface area contributed by atoms with Gasteiger partial charge in [0, 0.05) is 43.9 Å². The van der Waals surface area contributed by atoms with Crippen LogP contribution in [0, 0.1) is 0 Å². The van der Waals surface area contributed by atoms with Crippen LogP contribution in [0.15, 0.2) is 185 Å². The summed E-state index contributed by atoms with van der Waals surface area (Å²) >= 11 is 0. The number of anilines is 3. The normalized spacial score (nSPS) is 11.7. The lowest BCUT2D eigenvalue weighted by Crippen LogP contribution is -2.11. The molecule has 0 N–H and O–H groups in total. The minimum absolute atomic E-state index is 0.872. The highest BCUT2D eigenvalue weighted by Crippen LogP contribution is 2.46. The number of nitrogens with zero attached hydrogens (tertiary/aromatic N) is 1. The summed E-state index contributed by atoms with van der Waals surface area (Å²) in [6.45, 7) is 0. The molecule has 2 aromatic heterocycles. The van der Waals surface area contributed by atoms with Crippen molar-refractivity contribution in [3.63, 3.8) is 0 Å². The first-order chi connectivity index (χ1) is 24.3. The van der Waals surface area contributed by atoms with E-state index >= 15 is 0 Å². The maximum absolute atomic E-state index is 6.55. The van der Waals surface area contributed by atoms with Crippen LogP contribution in [0.25, 0.3) is 76.9 Å². The lowest BCUT2D eigenvalue weighted by Gasteiger charge is -2.28. The Bertz CT molecular complexity index is 2810. The van der Waals surface area contributed by atoms with Crippen molar-refractivity contribution in [2.75, 3.05) is 4.90 Å². The molecule has 0 aliphatic heterocycles. The van der Waals surface area contributed by atoms with Crippen LogP contribution in [0.2, 0.25) is 0 Å². The van der Waals surface area contributed by atoms with Crippen LogP contribution in [0.1, 0.15) is 0 Å². The Balaban J connectivity index is 1.18. The van der Waals surface area contributed by atoms with Crippen LogP contribution in [-0.2, 0) is 0 Å². The predicted molar refractivity (Wildman–Crippen MR) is 204 cm³/mol. The van der Waals surface area contributed by atoms with Crippen LogP contribution < -0.4 is 4.90 Å². The molecule has 2 heterocycles. The highest BCUT2D eigenvalue weighted by molar-refractivity contribution is 6.32. The molecule has 0 bridgehead atoms. The Kier molecular flexibility index (Phi) is 6.18. The third-order valence-corrected chi connectivity index (χ3v) is 9.66. The van der Waals surface area contributed by atoms with E-state index in [2.05, 4.69) is 169 Å². The molecule has 10 rings (SSSR count). The maximum Gasteiger partial charge on any atom is 0.136 e. The summed E-state index contributed by atoms with van der Waals surface area (Å²) in [7, 11) is 0. The van der Waals surface area contributed by atoms with E-state index < -0.39 is 0 Å². The molecule has 0 saturated carbocycles. The molecule has 0 unspecified atom stereocenters. The number of para-hydroxylation sites is 3. The standard InChI is InChI=1S/C46H29NO2/c1-3-12-30(13-4-1)35-16-7-9-19-38(35)47(33-14-5-2-6-15-33)34-26-22-31(23-27-34)36-18-11-21-40-44(36)46-42(49-40)29-25-32-24-28-41-45(43(32)46)37-17-8-10-20-39(37)48-41/h1-29H. The molecule has 8 aromatic carbocycles. The average Bonchev–Trinajstić information content (AvgIpc) is 3.75. The summed E-state index contributed by atoms with van der Waals surface area (Å²) in [4.78, 5) is 2.34. The molecule has 230 valence electrons. The van der Waals surface area contributed by atoms with E-state index in [4.69, 9.17) is 8.83 Å². The Hall–Kier alpha value is -6.58. The van der Waals surface area contributed by atoms with Crippen LogP contribution in [-0.4, -0.2) is 0 Å². The van der Waals surface area contributed by atoms with Gasteiger partial charge in [0.15, 0.2) is 0 Å². The maximum atomic E-state index is 6.55. The third-order valence-electron chi connectivity index (χ3n) is 9.66. The molecule has 49 heavy (non-hydrogen) atoms. The number of benzene rings is 8. The third kappa shape index (κ3) is 4.37. The minimum Gasteiger partial charge on any atom is -0.456 e. The Morgan fingerprint density at radius 3 is 1.71 bits per heavy atom. The number of rotatable bonds is 5. The molecule has 0 fully saturated rings. The zero-order valence-corrected chi connectivity index (χ0v) is 26.5. The van der Waals surface area contributed by atoms with E-state index in [1.165, 1.54) is 11.1 Å². The topological polar surface area (TPSA) is 29.5 Å². The van der Waals surface area contributed by atoms with E-state index in [0.717, 1.165) is 82.8 Å². The van der Waals surface area contributed by atoms with Gasteiger partial charge in [-0.25, -0.2) is 0 Å². The molecule has 3 nitrogen and oxygen atoms in total. The van der Waals surface area contributed by atoms with E-state index in [1.54, 1.807) is 0 Å².